The lowest BCUT2D eigenvalue weighted by Gasteiger charge is -2.21. The van der Waals surface area contributed by atoms with Crippen molar-refractivity contribution < 1.29 is 27.1 Å². The Balaban J connectivity index is 2.96. The summed E-state index contributed by atoms with van der Waals surface area (Å²) in [5, 5.41) is 9.23. The van der Waals surface area contributed by atoms with E-state index in [1.54, 1.807) is 0 Å². The Bertz CT molecular complexity index is 373. The van der Waals surface area contributed by atoms with Crippen LogP contribution in [0.2, 0.25) is 0 Å². The van der Waals surface area contributed by atoms with Crippen LogP contribution in [0.25, 0.3) is 0 Å². The highest BCUT2D eigenvalue weighted by molar-refractivity contribution is 5.27. The molecule has 3 N–H and O–H groups in total. The molecule has 2 nitrogen and oxygen atoms in total. The first-order chi connectivity index (χ1) is 7.68. The maximum absolute atomic E-state index is 13.0. The lowest BCUT2D eigenvalue weighted by Crippen LogP contribution is -2.34. The van der Waals surface area contributed by atoms with E-state index in [0.29, 0.717) is 12.1 Å². The van der Waals surface area contributed by atoms with Gasteiger partial charge in [0.2, 0.25) is 0 Å². The number of halogens is 5. The zero-order valence-electron chi connectivity index (χ0n) is 8.51. The van der Waals surface area contributed by atoms with E-state index in [1.165, 1.54) is 0 Å². The summed E-state index contributed by atoms with van der Waals surface area (Å²) in [4.78, 5) is 0. The van der Waals surface area contributed by atoms with Gasteiger partial charge in [-0.25, -0.2) is 8.78 Å². The average molecular weight is 255 g/mol. The molecule has 17 heavy (non-hydrogen) atoms. The summed E-state index contributed by atoms with van der Waals surface area (Å²) >= 11 is 0. The number of aliphatic hydroxyl groups is 1. The summed E-state index contributed by atoms with van der Waals surface area (Å²) in [6.07, 6.45) is -6.75. The van der Waals surface area contributed by atoms with Gasteiger partial charge in [0.15, 0.2) is 0 Å². The molecule has 1 atom stereocenters. The van der Waals surface area contributed by atoms with Crippen molar-refractivity contribution in [3.05, 3.63) is 35.4 Å². The van der Waals surface area contributed by atoms with Crippen LogP contribution < -0.4 is 5.73 Å². The predicted octanol–water partition coefficient (Wildman–Crippen LogP) is 2.33. The van der Waals surface area contributed by atoms with E-state index in [1.807, 2.05) is 0 Å². The van der Waals surface area contributed by atoms with Gasteiger partial charge >= 0.3 is 6.18 Å². The number of benzene rings is 1. The first-order valence-corrected chi connectivity index (χ1v) is 4.61. The number of hydrogen-bond donors (Lipinski definition) is 2. The first-order valence-electron chi connectivity index (χ1n) is 4.61. The van der Waals surface area contributed by atoms with Gasteiger partial charge in [-0.05, 0) is 17.7 Å². The third-order valence-corrected chi connectivity index (χ3v) is 2.23. The molecule has 0 saturated heterocycles. The van der Waals surface area contributed by atoms with Crippen molar-refractivity contribution in [2.45, 2.75) is 18.2 Å². The third kappa shape index (κ3) is 3.13. The van der Waals surface area contributed by atoms with Crippen molar-refractivity contribution in [1.82, 2.24) is 0 Å². The fourth-order valence-electron chi connectivity index (χ4n) is 1.21. The molecule has 0 aliphatic rings. The molecule has 1 aromatic rings. The Morgan fingerprint density at radius 3 is 1.88 bits per heavy atom. The van der Waals surface area contributed by atoms with E-state index in [9.17, 15) is 27.1 Å². The second-order valence-corrected chi connectivity index (χ2v) is 3.49. The highest BCUT2D eigenvalue weighted by Gasteiger charge is 2.38. The quantitative estimate of drug-likeness (QED) is 0.814. The fraction of sp³-hybridized carbons (Fsp3) is 0.400. The number of nitrogens with two attached hydrogens (primary N) is 1. The number of alkyl halides is 5. The van der Waals surface area contributed by atoms with Crippen LogP contribution in [0, 0.1) is 0 Å². The summed E-state index contributed by atoms with van der Waals surface area (Å²) in [6.45, 7) is -1.09. The Labute approximate surface area is 93.9 Å². The van der Waals surface area contributed by atoms with Crippen LogP contribution in [0.4, 0.5) is 22.0 Å². The summed E-state index contributed by atoms with van der Waals surface area (Å²) in [5.74, 6) is -3.57. The molecule has 0 heterocycles. The monoisotopic (exact) mass is 255 g/mol. The maximum atomic E-state index is 13.0. The van der Waals surface area contributed by atoms with Crippen LogP contribution in [-0.2, 0) is 6.18 Å². The lowest BCUT2D eigenvalue weighted by molar-refractivity contribution is -0.137. The molecule has 7 heteroatoms. The Hall–Kier alpha value is -1.21. The van der Waals surface area contributed by atoms with Crippen molar-refractivity contribution in [3.63, 3.8) is 0 Å². The molecule has 0 spiro atoms. The Morgan fingerprint density at radius 2 is 1.53 bits per heavy atom. The molecule has 0 amide bonds. The smallest absolute Gasteiger partial charge is 0.382 e. The molecule has 1 rings (SSSR count). The summed E-state index contributed by atoms with van der Waals surface area (Å²) in [7, 11) is 0. The standard InChI is InChI=1S/C10H10F5NO/c11-9(12,5-16)8(17)6-1-3-7(4-2-6)10(13,14)15/h1-4,8,17H,5,16H2. The largest absolute Gasteiger partial charge is 0.416 e. The highest BCUT2D eigenvalue weighted by atomic mass is 19.4. The molecule has 0 fully saturated rings. The predicted molar refractivity (Wildman–Crippen MR) is 50.4 cm³/mol. The van der Waals surface area contributed by atoms with Crippen molar-refractivity contribution in [2.75, 3.05) is 6.54 Å². The average Bonchev–Trinajstić information content (AvgIpc) is 2.27. The lowest BCUT2D eigenvalue weighted by atomic mass is 10.0. The van der Waals surface area contributed by atoms with Gasteiger partial charge in [0, 0.05) is 0 Å². The number of rotatable bonds is 3. The van der Waals surface area contributed by atoms with Crippen molar-refractivity contribution in [1.29, 1.82) is 0 Å². The van der Waals surface area contributed by atoms with Gasteiger partial charge in [-0.1, -0.05) is 12.1 Å². The van der Waals surface area contributed by atoms with E-state index in [0.717, 1.165) is 12.1 Å². The summed E-state index contributed by atoms with van der Waals surface area (Å²) in [6, 6.07) is 2.87. The van der Waals surface area contributed by atoms with Crippen LogP contribution in [0.1, 0.15) is 17.2 Å². The van der Waals surface area contributed by atoms with Crippen molar-refractivity contribution >= 4 is 0 Å². The second kappa shape index (κ2) is 4.58. The zero-order chi connectivity index (χ0) is 13.3. The molecule has 0 aliphatic heterocycles. The van der Waals surface area contributed by atoms with E-state index in [4.69, 9.17) is 5.73 Å². The van der Waals surface area contributed by atoms with Crippen LogP contribution >= 0.6 is 0 Å². The third-order valence-electron chi connectivity index (χ3n) is 2.23. The van der Waals surface area contributed by atoms with Gasteiger partial charge < -0.3 is 10.8 Å². The Kier molecular flexibility index (Phi) is 3.73. The summed E-state index contributed by atoms with van der Waals surface area (Å²) < 4.78 is 62.5. The van der Waals surface area contributed by atoms with Crippen LogP contribution in [-0.4, -0.2) is 17.6 Å². The SMILES string of the molecule is NCC(F)(F)C(O)c1ccc(C(F)(F)F)cc1. The number of aliphatic hydroxyl groups excluding tert-OH is 1. The van der Waals surface area contributed by atoms with Crippen LogP contribution in [0.15, 0.2) is 24.3 Å². The van der Waals surface area contributed by atoms with Crippen LogP contribution in [0.5, 0.6) is 0 Å². The van der Waals surface area contributed by atoms with Gasteiger partial charge in [-0.2, -0.15) is 13.2 Å². The van der Waals surface area contributed by atoms with Crippen LogP contribution in [0.3, 0.4) is 0 Å². The first kappa shape index (κ1) is 13.9. The zero-order valence-corrected chi connectivity index (χ0v) is 8.51. The topological polar surface area (TPSA) is 46.2 Å². The molecule has 96 valence electrons. The van der Waals surface area contributed by atoms with Crippen molar-refractivity contribution in [3.8, 4) is 0 Å². The minimum Gasteiger partial charge on any atom is -0.382 e. The molecular weight excluding hydrogens is 245 g/mol. The second-order valence-electron chi connectivity index (χ2n) is 3.49. The summed E-state index contributed by atoms with van der Waals surface area (Å²) in [5.41, 5.74) is 3.47. The van der Waals surface area contributed by atoms with Crippen molar-refractivity contribution in [2.24, 2.45) is 5.73 Å². The van der Waals surface area contributed by atoms with E-state index >= 15 is 0 Å². The molecule has 0 aromatic heterocycles. The van der Waals surface area contributed by atoms with Gasteiger partial charge in [-0.15, -0.1) is 0 Å². The molecular formula is C10H10F5NO. The maximum Gasteiger partial charge on any atom is 0.416 e. The molecule has 0 radical (unpaired) electrons. The number of hydrogen-bond acceptors (Lipinski definition) is 2. The molecule has 0 aliphatic carbocycles. The normalized spacial score (nSPS) is 14.8. The fourth-order valence-corrected chi connectivity index (χ4v) is 1.21. The minimum atomic E-state index is -4.54. The minimum absolute atomic E-state index is 0.312. The highest BCUT2D eigenvalue weighted by Crippen LogP contribution is 2.33. The van der Waals surface area contributed by atoms with Gasteiger partial charge in [-0.3, -0.25) is 0 Å². The Morgan fingerprint density at radius 1 is 1.06 bits per heavy atom. The molecule has 1 unspecified atom stereocenters. The van der Waals surface area contributed by atoms with Gasteiger partial charge in [0.25, 0.3) is 5.92 Å². The molecule has 0 bridgehead atoms. The van der Waals surface area contributed by atoms with Gasteiger partial charge in [0.1, 0.15) is 6.10 Å². The molecule has 1 aromatic carbocycles. The molecule has 0 saturated carbocycles. The van der Waals surface area contributed by atoms with E-state index < -0.39 is 30.3 Å². The van der Waals surface area contributed by atoms with E-state index in [-0.39, 0.29) is 5.56 Å². The van der Waals surface area contributed by atoms with Gasteiger partial charge in [0.05, 0.1) is 12.1 Å². The van der Waals surface area contributed by atoms with E-state index in [2.05, 4.69) is 0 Å².